The fraction of sp³-hybridized carbons (Fsp3) is 0.562. The van der Waals surface area contributed by atoms with Crippen LogP contribution < -0.4 is 5.73 Å². The number of aliphatic imine (C=N–C) groups is 1. The Morgan fingerprint density at radius 3 is 2.75 bits per heavy atom. The molecule has 0 saturated carbocycles. The number of nitrogens with two attached hydrogens (primary N) is 1. The Labute approximate surface area is 146 Å². The van der Waals surface area contributed by atoms with Crippen LogP contribution in [-0.2, 0) is 11.2 Å². The first-order valence-corrected chi connectivity index (χ1v) is 8.63. The van der Waals surface area contributed by atoms with E-state index < -0.39 is 5.60 Å². The Morgan fingerprint density at radius 1 is 1.38 bits per heavy atom. The number of amidine groups is 1. The first-order chi connectivity index (χ1) is 11.2. The summed E-state index contributed by atoms with van der Waals surface area (Å²) in [5, 5.41) is 1.38. The summed E-state index contributed by atoms with van der Waals surface area (Å²) in [6, 6.07) is 0. The predicted molar refractivity (Wildman–Crippen MR) is 98.0 cm³/mol. The van der Waals surface area contributed by atoms with Crippen LogP contribution in [0.15, 0.2) is 17.1 Å². The highest BCUT2D eigenvalue weighted by Gasteiger charge is 2.20. The zero-order valence-electron chi connectivity index (χ0n) is 14.9. The van der Waals surface area contributed by atoms with Gasteiger partial charge in [-0.15, -0.1) is 0 Å². The molecule has 24 heavy (non-hydrogen) atoms. The van der Waals surface area contributed by atoms with Crippen LogP contribution in [0, 0.1) is 0 Å². The quantitative estimate of drug-likeness (QED) is 0.905. The lowest BCUT2D eigenvalue weighted by molar-refractivity contribution is 0.0294. The van der Waals surface area contributed by atoms with Gasteiger partial charge in [0.15, 0.2) is 5.13 Å². The van der Waals surface area contributed by atoms with Gasteiger partial charge < -0.3 is 20.3 Å². The molecule has 1 aliphatic rings. The van der Waals surface area contributed by atoms with Crippen LogP contribution in [0.4, 0.5) is 14.9 Å². The van der Waals surface area contributed by atoms with Crippen LogP contribution in [0.1, 0.15) is 26.5 Å². The average molecular weight is 351 g/mol. The first kappa shape index (κ1) is 18.3. The van der Waals surface area contributed by atoms with Gasteiger partial charge in [-0.2, -0.15) is 0 Å². The Morgan fingerprint density at radius 2 is 2.08 bits per heavy atom. The number of carbonyl (C=O) groups is 1. The van der Waals surface area contributed by atoms with Crippen molar-refractivity contribution in [1.29, 1.82) is 0 Å². The van der Waals surface area contributed by atoms with E-state index in [-0.39, 0.29) is 6.09 Å². The molecule has 132 valence electrons. The predicted octanol–water partition coefficient (Wildman–Crippen LogP) is 2.67. The minimum absolute atomic E-state index is 0.327. The number of hydrogen-bond acceptors (Lipinski definition) is 7. The summed E-state index contributed by atoms with van der Waals surface area (Å²) in [5.41, 5.74) is 6.17. The number of aromatic nitrogens is 1. The van der Waals surface area contributed by atoms with Gasteiger partial charge in [0.1, 0.15) is 16.4 Å². The van der Waals surface area contributed by atoms with E-state index in [0.29, 0.717) is 18.2 Å². The van der Waals surface area contributed by atoms with E-state index in [2.05, 4.69) is 9.98 Å². The van der Waals surface area contributed by atoms with Crippen LogP contribution in [0.2, 0.25) is 0 Å². The third-order valence-corrected chi connectivity index (χ3v) is 4.18. The van der Waals surface area contributed by atoms with Gasteiger partial charge in [-0.05, 0) is 26.8 Å². The van der Waals surface area contributed by atoms with Crippen molar-refractivity contribution in [3.63, 3.8) is 0 Å². The number of fused-ring (bicyclic) bond motifs is 1. The molecule has 2 heterocycles. The number of rotatable bonds is 3. The molecule has 2 N–H and O–H groups in total. The monoisotopic (exact) mass is 351 g/mol. The highest BCUT2D eigenvalue weighted by Crippen LogP contribution is 2.31. The molecule has 1 aliphatic heterocycles. The number of carbonyl (C=O) groups excluding carboxylic acids is 1. The number of likely N-dealkylation sites (N-methyl/N-ethyl adjacent to an activating group) is 2. The minimum Gasteiger partial charge on any atom is -0.444 e. The maximum absolute atomic E-state index is 12.0. The van der Waals surface area contributed by atoms with Gasteiger partial charge in [0.2, 0.25) is 0 Å². The van der Waals surface area contributed by atoms with Crippen LogP contribution in [0.3, 0.4) is 0 Å². The molecule has 0 unspecified atom stereocenters. The van der Waals surface area contributed by atoms with Crippen molar-refractivity contribution in [2.24, 2.45) is 4.99 Å². The van der Waals surface area contributed by atoms with E-state index in [1.54, 1.807) is 11.9 Å². The molecule has 1 aromatic heterocycles. The highest BCUT2D eigenvalue weighted by molar-refractivity contribution is 7.19. The number of amides is 1. The Balaban J connectivity index is 1.96. The Kier molecular flexibility index (Phi) is 5.48. The molecule has 0 bridgehead atoms. The zero-order valence-corrected chi connectivity index (χ0v) is 15.7. The van der Waals surface area contributed by atoms with Gasteiger partial charge in [-0.1, -0.05) is 17.4 Å². The van der Waals surface area contributed by atoms with E-state index in [4.69, 9.17) is 10.5 Å². The van der Waals surface area contributed by atoms with Gasteiger partial charge in [-0.25, -0.2) is 14.8 Å². The molecule has 0 radical (unpaired) electrons. The van der Waals surface area contributed by atoms with Crippen molar-refractivity contribution in [2.75, 3.05) is 32.9 Å². The maximum atomic E-state index is 12.0. The molecule has 0 saturated heterocycles. The largest absolute Gasteiger partial charge is 0.444 e. The van der Waals surface area contributed by atoms with Crippen molar-refractivity contribution in [3.05, 3.63) is 17.8 Å². The van der Waals surface area contributed by atoms with Gasteiger partial charge in [0.05, 0.1) is 5.69 Å². The zero-order chi connectivity index (χ0) is 17.9. The summed E-state index contributed by atoms with van der Waals surface area (Å²) in [6.45, 7) is 6.75. The molecule has 1 aromatic rings. The lowest BCUT2D eigenvalue weighted by atomic mass is 10.2. The van der Waals surface area contributed by atoms with Crippen LogP contribution in [-0.4, -0.2) is 59.5 Å². The van der Waals surface area contributed by atoms with Crippen LogP contribution >= 0.6 is 11.3 Å². The van der Waals surface area contributed by atoms with Gasteiger partial charge in [0.25, 0.3) is 0 Å². The van der Waals surface area contributed by atoms with E-state index in [1.165, 1.54) is 11.3 Å². The molecular weight excluding hydrogens is 326 g/mol. The SMILES string of the molecule is CN(CCN(C)C1=Nc2sc(N)nc2CC=C1)C(=O)OC(C)(C)C. The average Bonchev–Trinajstić information content (AvgIpc) is 2.69. The van der Waals surface area contributed by atoms with Crippen molar-refractivity contribution in [2.45, 2.75) is 32.8 Å². The van der Waals surface area contributed by atoms with Crippen LogP contribution in [0.5, 0.6) is 0 Å². The van der Waals surface area contributed by atoms with Gasteiger partial charge in [0, 0.05) is 33.6 Å². The number of anilines is 1. The summed E-state index contributed by atoms with van der Waals surface area (Å²) >= 11 is 1.39. The fourth-order valence-electron chi connectivity index (χ4n) is 2.06. The number of nitrogens with zero attached hydrogens (tertiary/aromatic N) is 4. The smallest absolute Gasteiger partial charge is 0.410 e. The molecule has 0 atom stereocenters. The third kappa shape index (κ3) is 4.95. The molecule has 0 spiro atoms. The number of hydrogen-bond donors (Lipinski definition) is 1. The van der Waals surface area contributed by atoms with Crippen molar-refractivity contribution < 1.29 is 9.53 Å². The first-order valence-electron chi connectivity index (χ1n) is 7.81. The van der Waals surface area contributed by atoms with E-state index in [9.17, 15) is 4.79 Å². The lowest BCUT2D eigenvalue weighted by Crippen LogP contribution is -2.39. The third-order valence-electron chi connectivity index (χ3n) is 3.35. The topological polar surface area (TPSA) is 84.0 Å². The maximum Gasteiger partial charge on any atom is 0.410 e. The van der Waals surface area contributed by atoms with Crippen LogP contribution in [0.25, 0.3) is 0 Å². The second kappa shape index (κ2) is 7.21. The van der Waals surface area contributed by atoms with Gasteiger partial charge in [-0.3, -0.25) is 0 Å². The second-order valence-corrected chi connectivity index (χ2v) is 7.71. The molecule has 0 fully saturated rings. The number of nitrogen functional groups attached to an aromatic ring is 1. The number of allylic oxidation sites excluding steroid dienone is 1. The van der Waals surface area contributed by atoms with E-state index >= 15 is 0 Å². The highest BCUT2D eigenvalue weighted by atomic mass is 32.1. The molecule has 0 aromatic carbocycles. The minimum atomic E-state index is -0.492. The molecule has 7 nitrogen and oxygen atoms in total. The molecular formula is C16H25N5O2S. The molecule has 0 aliphatic carbocycles. The van der Waals surface area contributed by atoms with Crippen molar-refractivity contribution in [3.8, 4) is 0 Å². The standard InChI is InChI=1S/C16H25N5O2S/c1-16(2,3)23-15(22)21(5)10-9-20(4)12-8-6-7-11-13(19-12)24-14(17)18-11/h6,8H,7,9-10H2,1-5H3,(H2,17,18). The molecule has 1 amide bonds. The molecule has 2 rings (SSSR count). The van der Waals surface area contributed by atoms with E-state index in [0.717, 1.165) is 23.0 Å². The summed E-state index contributed by atoms with van der Waals surface area (Å²) in [7, 11) is 3.68. The Bertz CT molecular complexity index is 660. The van der Waals surface area contributed by atoms with Crippen molar-refractivity contribution >= 4 is 33.4 Å². The normalized spacial score (nSPS) is 13.8. The summed E-state index contributed by atoms with van der Waals surface area (Å²) in [6.07, 6.45) is 4.39. The number of ether oxygens (including phenoxy) is 1. The summed E-state index contributed by atoms with van der Waals surface area (Å²) < 4.78 is 5.35. The lowest BCUT2D eigenvalue weighted by Gasteiger charge is -2.26. The summed E-state index contributed by atoms with van der Waals surface area (Å²) in [5.74, 6) is 0.829. The summed E-state index contributed by atoms with van der Waals surface area (Å²) in [4.78, 5) is 24.5. The fourth-order valence-corrected chi connectivity index (χ4v) is 2.80. The number of thiazole rings is 1. The molecule has 8 heteroatoms. The second-order valence-electron chi connectivity index (χ2n) is 6.70. The Hall–Kier alpha value is -2.09. The van der Waals surface area contributed by atoms with Crippen molar-refractivity contribution in [1.82, 2.24) is 14.8 Å². The van der Waals surface area contributed by atoms with E-state index in [1.807, 2.05) is 44.9 Å². The van der Waals surface area contributed by atoms with Gasteiger partial charge >= 0.3 is 6.09 Å².